The van der Waals surface area contributed by atoms with E-state index in [4.69, 9.17) is 11.6 Å². The summed E-state index contributed by atoms with van der Waals surface area (Å²) in [6.07, 6.45) is 0. The molecule has 1 amide bonds. The minimum absolute atomic E-state index is 0.0442. The van der Waals surface area contributed by atoms with Crippen LogP contribution < -0.4 is 5.32 Å². The molecule has 0 bridgehead atoms. The van der Waals surface area contributed by atoms with Gasteiger partial charge in [0.2, 0.25) is 5.91 Å². The molecule has 2 aromatic carbocycles. The highest BCUT2D eigenvalue weighted by Gasteiger charge is 2.14. The number of halogens is 2. The van der Waals surface area contributed by atoms with Crippen molar-refractivity contribution in [3.05, 3.63) is 58.0 Å². The smallest absolute Gasteiger partial charge is 0.237 e. The van der Waals surface area contributed by atoms with Gasteiger partial charge in [-0.25, -0.2) is 0 Å². The lowest BCUT2D eigenvalue weighted by molar-refractivity contribution is -0.115. The number of carbonyl (C=O) groups excluding carboxylic acids is 1. The van der Waals surface area contributed by atoms with E-state index < -0.39 is 0 Å². The van der Waals surface area contributed by atoms with E-state index in [1.54, 1.807) is 6.07 Å². The van der Waals surface area contributed by atoms with Crippen LogP contribution in [0.3, 0.4) is 0 Å². The molecule has 2 nitrogen and oxygen atoms in total. The fraction of sp³-hybridized carbons (Fsp3) is 0.133. The zero-order valence-corrected chi connectivity index (χ0v) is 13.9. The molecule has 0 aromatic heterocycles. The molecule has 0 spiro atoms. The number of thioether (sulfide) groups is 1. The quantitative estimate of drug-likeness (QED) is 0.747. The van der Waals surface area contributed by atoms with Gasteiger partial charge in [0, 0.05) is 15.1 Å². The Morgan fingerprint density at radius 2 is 1.95 bits per heavy atom. The van der Waals surface area contributed by atoms with Crippen LogP contribution in [0, 0.1) is 0 Å². The second-order valence-electron chi connectivity index (χ2n) is 4.19. The molecule has 0 fully saturated rings. The molecule has 0 aliphatic rings. The van der Waals surface area contributed by atoms with Crippen molar-refractivity contribution in [3.63, 3.8) is 0 Å². The van der Waals surface area contributed by atoms with E-state index in [0.29, 0.717) is 10.7 Å². The van der Waals surface area contributed by atoms with Gasteiger partial charge in [0.05, 0.1) is 10.3 Å². The normalized spacial score (nSPS) is 11.9. The number of nitrogens with one attached hydrogen (secondary N) is 1. The zero-order chi connectivity index (χ0) is 14.5. The highest BCUT2D eigenvalue weighted by atomic mass is 79.9. The van der Waals surface area contributed by atoms with Crippen LogP contribution in [0.1, 0.15) is 6.92 Å². The molecular formula is C15H13BrClNOS. The molecule has 104 valence electrons. The lowest BCUT2D eigenvalue weighted by atomic mass is 10.3. The molecule has 0 saturated heterocycles. The third-order valence-corrected chi connectivity index (χ3v) is 4.96. The largest absolute Gasteiger partial charge is 0.325 e. The molecule has 0 radical (unpaired) electrons. The van der Waals surface area contributed by atoms with Gasteiger partial charge in [0.1, 0.15) is 0 Å². The van der Waals surface area contributed by atoms with Gasteiger partial charge in [0.25, 0.3) is 0 Å². The van der Waals surface area contributed by atoms with Crippen LogP contribution in [0.15, 0.2) is 57.9 Å². The van der Waals surface area contributed by atoms with Crippen LogP contribution in [-0.2, 0) is 4.79 Å². The highest BCUT2D eigenvalue weighted by molar-refractivity contribution is 9.10. The van der Waals surface area contributed by atoms with Crippen LogP contribution >= 0.6 is 39.3 Å². The van der Waals surface area contributed by atoms with Crippen molar-refractivity contribution in [1.82, 2.24) is 0 Å². The monoisotopic (exact) mass is 369 g/mol. The number of rotatable bonds is 4. The molecule has 0 aliphatic heterocycles. The molecule has 1 atom stereocenters. The van der Waals surface area contributed by atoms with Crippen LogP contribution in [0.5, 0.6) is 0 Å². The van der Waals surface area contributed by atoms with Gasteiger partial charge < -0.3 is 5.32 Å². The Kier molecular flexibility index (Phi) is 5.52. The first-order chi connectivity index (χ1) is 9.56. The van der Waals surface area contributed by atoms with Gasteiger partial charge in [-0.05, 0) is 53.2 Å². The minimum atomic E-state index is -0.181. The highest BCUT2D eigenvalue weighted by Crippen LogP contribution is 2.27. The Bertz CT molecular complexity index is 606. The number of carbonyl (C=O) groups is 1. The first-order valence-corrected chi connectivity index (χ1v) is 8.09. The first kappa shape index (κ1) is 15.4. The standard InChI is InChI=1S/C15H13BrClNOS/c1-10(20-12-5-3-2-4-6-12)15(19)18-11-7-8-13(16)14(17)9-11/h2-10H,1H3,(H,18,19)/t10-/m1/s1. The molecule has 20 heavy (non-hydrogen) atoms. The van der Waals surface area contributed by atoms with Gasteiger partial charge in [-0.1, -0.05) is 29.8 Å². The maximum atomic E-state index is 12.1. The fourth-order valence-corrected chi connectivity index (χ4v) is 2.89. The molecule has 0 heterocycles. The van der Waals surface area contributed by atoms with Gasteiger partial charge in [-0.3, -0.25) is 4.79 Å². The van der Waals surface area contributed by atoms with Gasteiger partial charge in [0.15, 0.2) is 0 Å². The summed E-state index contributed by atoms with van der Waals surface area (Å²) in [6, 6.07) is 15.2. The van der Waals surface area contributed by atoms with Gasteiger partial charge >= 0.3 is 0 Å². The van der Waals surface area contributed by atoms with E-state index in [2.05, 4.69) is 21.2 Å². The molecule has 2 rings (SSSR count). The third-order valence-electron chi connectivity index (χ3n) is 2.61. The minimum Gasteiger partial charge on any atom is -0.325 e. The topological polar surface area (TPSA) is 29.1 Å². The van der Waals surface area contributed by atoms with Crippen molar-refractivity contribution in [3.8, 4) is 0 Å². The zero-order valence-electron chi connectivity index (χ0n) is 10.8. The summed E-state index contributed by atoms with van der Waals surface area (Å²) in [5.74, 6) is -0.0442. The van der Waals surface area contributed by atoms with Gasteiger partial charge in [-0.2, -0.15) is 0 Å². The summed E-state index contributed by atoms with van der Waals surface area (Å²) in [7, 11) is 0. The van der Waals surface area contributed by atoms with Crippen molar-refractivity contribution in [2.45, 2.75) is 17.1 Å². The van der Waals surface area contributed by atoms with Crippen molar-refractivity contribution in [2.75, 3.05) is 5.32 Å². The van der Waals surface area contributed by atoms with E-state index in [1.807, 2.05) is 49.4 Å². The second-order valence-corrected chi connectivity index (χ2v) is 6.87. The van der Waals surface area contributed by atoms with E-state index in [-0.39, 0.29) is 11.2 Å². The lowest BCUT2D eigenvalue weighted by Gasteiger charge is -2.12. The van der Waals surface area contributed by atoms with Crippen LogP contribution in [0.25, 0.3) is 0 Å². The summed E-state index contributed by atoms with van der Waals surface area (Å²) in [5, 5.41) is 3.26. The fourth-order valence-electron chi connectivity index (χ4n) is 1.57. The molecular weight excluding hydrogens is 358 g/mol. The van der Waals surface area contributed by atoms with Crippen molar-refractivity contribution in [1.29, 1.82) is 0 Å². The van der Waals surface area contributed by atoms with E-state index in [0.717, 1.165) is 9.37 Å². The summed E-state index contributed by atoms with van der Waals surface area (Å²) in [4.78, 5) is 13.2. The maximum absolute atomic E-state index is 12.1. The molecule has 1 N–H and O–H groups in total. The Hall–Kier alpha value is -0.970. The summed E-state index contributed by atoms with van der Waals surface area (Å²) >= 11 is 10.8. The summed E-state index contributed by atoms with van der Waals surface area (Å²) in [6.45, 7) is 1.88. The molecule has 0 unspecified atom stereocenters. The number of hydrogen-bond acceptors (Lipinski definition) is 2. The lowest BCUT2D eigenvalue weighted by Crippen LogP contribution is -2.22. The van der Waals surface area contributed by atoms with Crippen LogP contribution in [0.4, 0.5) is 5.69 Å². The molecule has 0 saturated carbocycles. The number of anilines is 1. The van der Waals surface area contributed by atoms with Gasteiger partial charge in [-0.15, -0.1) is 11.8 Å². The first-order valence-electron chi connectivity index (χ1n) is 6.04. The predicted molar refractivity (Wildman–Crippen MR) is 89.5 cm³/mol. The average Bonchev–Trinajstić information content (AvgIpc) is 2.44. The summed E-state index contributed by atoms with van der Waals surface area (Å²) < 4.78 is 0.809. The SMILES string of the molecule is C[C@@H](Sc1ccccc1)C(=O)Nc1ccc(Br)c(Cl)c1. The van der Waals surface area contributed by atoms with Crippen LogP contribution in [-0.4, -0.2) is 11.2 Å². The number of hydrogen-bond donors (Lipinski definition) is 1. The molecule has 5 heteroatoms. The van der Waals surface area contributed by atoms with E-state index in [9.17, 15) is 4.79 Å². The molecule has 0 aliphatic carbocycles. The Morgan fingerprint density at radius 1 is 1.25 bits per heavy atom. The Balaban J connectivity index is 1.99. The number of benzene rings is 2. The van der Waals surface area contributed by atoms with E-state index >= 15 is 0 Å². The number of amides is 1. The van der Waals surface area contributed by atoms with Crippen molar-refractivity contribution in [2.24, 2.45) is 0 Å². The summed E-state index contributed by atoms with van der Waals surface area (Å²) in [5.41, 5.74) is 0.698. The van der Waals surface area contributed by atoms with Crippen LogP contribution in [0.2, 0.25) is 5.02 Å². The van der Waals surface area contributed by atoms with Crippen molar-refractivity contribution >= 4 is 50.9 Å². The Labute approximate surface area is 136 Å². The third kappa shape index (κ3) is 4.27. The van der Waals surface area contributed by atoms with Crippen molar-refractivity contribution < 1.29 is 4.79 Å². The predicted octanol–water partition coefficient (Wildman–Crippen LogP) is 5.22. The maximum Gasteiger partial charge on any atom is 0.237 e. The van der Waals surface area contributed by atoms with E-state index in [1.165, 1.54) is 11.8 Å². The average molecular weight is 371 g/mol. The second kappa shape index (κ2) is 7.16. The molecule has 2 aromatic rings. The Morgan fingerprint density at radius 3 is 2.60 bits per heavy atom.